The Balaban J connectivity index is 1.49. The Morgan fingerprint density at radius 2 is 1.96 bits per heavy atom. The number of nitrogens with zero attached hydrogens (tertiary/aromatic N) is 1. The Bertz CT molecular complexity index is 827. The van der Waals surface area contributed by atoms with Gasteiger partial charge in [0.25, 0.3) is 0 Å². The first-order chi connectivity index (χ1) is 13.7. The molecule has 1 fully saturated rings. The largest absolute Gasteiger partial charge is 0.494 e. The third kappa shape index (κ3) is 5.58. The van der Waals surface area contributed by atoms with Crippen LogP contribution in [0.1, 0.15) is 44.9 Å². The van der Waals surface area contributed by atoms with Crippen molar-refractivity contribution in [1.29, 1.82) is 0 Å². The van der Waals surface area contributed by atoms with E-state index in [1.807, 2.05) is 23.1 Å². The lowest BCUT2D eigenvalue weighted by atomic mass is 9.94. The first kappa shape index (κ1) is 20.4. The second-order valence-corrected chi connectivity index (χ2v) is 7.40. The summed E-state index contributed by atoms with van der Waals surface area (Å²) in [6, 6.07) is 9.23. The van der Waals surface area contributed by atoms with Crippen molar-refractivity contribution in [2.75, 3.05) is 26.9 Å². The maximum atomic E-state index is 12.7. The summed E-state index contributed by atoms with van der Waals surface area (Å²) in [5.41, 5.74) is 0.673. The number of hydrogen-bond donors (Lipinski definition) is 1. The van der Waals surface area contributed by atoms with E-state index in [0.29, 0.717) is 38.6 Å². The van der Waals surface area contributed by atoms with Crippen LogP contribution in [0.25, 0.3) is 10.9 Å². The molecule has 0 saturated heterocycles. The van der Waals surface area contributed by atoms with E-state index in [9.17, 15) is 9.59 Å². The SMILES string of the molecule is COCCN(C(=O)CCCOc1ccc2[nH]c(=O)ccc2c1)C1CCCCC1. The fourth-order valence-corrected chi connectivity index (χ4v) is 3.87. The minimum absolute atomic E-state index is 0.115. The highest BCUT2D eigenvalue weighted by molar-refractivity contribution is 5.79. The zero-order chi connectivity index (χ0) is 19.8. The maximum Gasteiger partial charge on any atom is 0.248 e. The molecule has 1 aromatic carbocycles. The first-order valence-electron chi connectivity index (χ1n) is 10.2. The van der Waals surface area contributed by atoms with Crippen LogP contribution in [-0.2, 0) is 9.53 Å². The number of carbonyl (C=O) groups is 1. The van der Waals surface area contributed by atoms with Crippen molar-refractivity contribution in [3.63, 3.8) is 0 Å². The van der Waals surface area contributed by atoms with E-state index in [1.165, 1.54) is 25.3 Å². The molecule has 6 heteroatoms. The van der Waals surface area contributed by atoms with E-state index < -0.39 is 0 Å². The number of rotatable bonds is 9. The van der Waals surface area contributed by atoms with Gasteiger partial charge in [-0.1, -0.05) is 19.3 Å². The van der Waals surface area contributed by atoms with E-state index in [1.54, 1.807) is 13.2 Å². The molecule has 1 aliphatic rings. The smallest absolute Gasteiger partial charge is 0.248 e. The Kier molecular flexibility index (Phi) is 7.48. The predicted molar refractivity (Wildman–Crippen MR) is 110 cm³/mol. The summed E-state index contributed by atoms with van der Waals surface area (Å²) in [7, 11) is 1.68. The molecule has 0 spiro atoms. The van der Waals surface area contributed by atoms with Gasteiger partial charge in [0, 0.05) is 43.1 Å². The van der Waals surface area contributed by atoms with Gasteiger partial charge < -0.3 is 19.4 Å². The molecule has 3 rings (SSSR count). The third-order valence-electron chi connectivity index (χ3n) is 5.37. The van der Waals surface area contributed by atoms with Crippen LogP contribution in [-0.4, -0.2) is 48.7 Å². The van der Waals surface area contributed by atoms with Crippen LogP contribution >= 0.6 is 0 Å². The second-order valence-electron chi connectivity index (χ2n) is 7.40. The number of amides is 1. The fraction of sp³-hybridized carbons (Fsp3) is 0.545. The molecule has 1 heterocycles. The summed E-state index contributed by atoms with van der Waals surface area (Å²) < 4.78 is 11.0. The lowest BCUT2D eigenvalue weighted by Crippen LogP contribution is -2.43. The van der Waals surface area contributed by atoms with E-state index in [4.69, 9.17) is 9.47 Å². The van der Waals surface area contributed by atoms with Gasteiger partial charge >= 0.3 is 0 Å². The predicted octanol–water partition coefficient (Wildman–Crippen LogP) is 3.49. The van der Waals surface area contributed by atoms with Gasteiger partial charge in [-0.05, 0) is 43.5 Å². The first-order valence-corrected chi connectivity index (χ1v) is 10.2. The number of carbonyl (C=O) groups excluding carboxylic acids is 1. The van der Waals surface area contributed by atoms with Crippen LogP contribution in [0.2, 0.25) is 0 Å². The normalized spacial score (nSPS) is 14.9. The van der Waals surface area contributed by atoms with Crippen molar-refractivity contribution in [3.05, 3.63) is 40.7 Å². The van der Waals surface area contributed by atoms with Crippen molar-refractivity contribution in [2.45, 2.75) is 51.0 Å². The van der Waals surface area contributed by atoms with E-state index >= 15 is 0 Å². The second kappa shape index (κ2) is 10.3. The summed E-state index contributed by atoms with van der Waals surface area (Å²) in [4.78, 5) is 28.9. The van der Waals surface area contributed by atoms with Gasteiger partial charge in [0.15, 0.2) is 0 Å². The molecule has 0 radical (unpaired) electrons. The van der Waals surface area contributed by atoms with Gasteiger partial charge in [0.2, 0.25) is 11.5 Å². The molecule has 1 amide bonds. The van der Waals surface area contributed by atoms with E-state index in [-0.39, 0.29) is 11.5 Å². The molecule has 0 aliphatic heterocycles. The number of hydrogen-bond acceptors (Lipinski definition) is 4. The molecule has 1 N–H and O–H groups in total. The van der Waals surface area contributed by atoms with Gasteiger partial charge in [-0.25, -0.2) is 0 Å². The van der Waals surface area contributed by atoms with Crippen LogP contribution in [0, 0.1) is 0 Å². The van der Waals surface area contributed by atoms with Crippen molar-refractivity contribution < 1.29 is 14.3 Å². The third-order valence-corrected chi connectivity index (χ3v) is 5.37. The average Bonchev–Trinajstić information content (AvgIpc) is 2.72. The summed E-state index contributed by atoms with van der Waals surface area (Å²) in [5.74, 6) is 0.944. The number of ether oxygens (including phenoxy) is 2. The average molecular weight is 386 g/mol. The molecule has 2 aromatic rings. The monoisotopic (exact) mass is 386 g/mol. The lowest BCUT2D eigenvalue weighted by Gasteiger charge is -2.34. The van der Waals surface area contributed by atoms with Crippen LogP contribution in [0.3, 0.4) is 0 Å². The molecule has 0 atom stereocenters. The van der Waals surface area contributed by atoms with Crippen LogP contribution in [0.4, 0.5) is 0 Å². The molecule has 1 aromatic heterocycles. The molecular weight excluding hydrogens is 356 g/mol. The maximum absolute atomic E-state index is 12.7. The van der Waals surface area contributed by atoms with Crippen molar-refractivity contribution in [2.24, 2.45) is 0 Å². The topological polar surface area (TPSA) is 71.6 Å². The van der Waals surface area contributed by atoms with Crippen molar-refractivity contribution in [1.82, 2.24) is 9.88 Å². The molecule has 28 heavy (non-hydrogen) atoms. The van der Waals surface area contributed by atoms with E-state index in [2.05, 4.69) is 4.98 Å². The number of H-pyrrole nitrogens is 1. The van der Waals surface area contributed by atoms with Gasteiger partial charge in [0.05, 0.1) is 13.2 Å². The van der Waals surface area contributed by atoms with Gasteiger partial charge in [0.1, 0.15) is 5.75 Å². The van der Waals surface area contributed by atoms with Crippen molar-refractivity contribution >= 4 is 16.8 Å². The zero-order valence-electron chi connectivity index (χ0n) is 16.6. The number of nitrogens with one attached hydrogen (secondary N) is 1. The quantitative estimate of drug-likeness (QED) is 0.670. The molecule has 1 saturated carbocycles. The summed E-state index contributed by atoms with van der Waals surface area (Å²) in [5, 5.41) is 0.927. The molecule has 0 unspecified atom stereocenters. The number of aromatic nitrogens is 1. The Morgan fingerprint density at radius 1 is 1.14 bits per heavy atom. The summed E-state index contributed by atoms with van der Waals surface area (Å²) in [6.45, 7) is 1.74. The number of benzene rings is 1. The van der Waals surface area contributed by atoms with Gasteiger partial charge in [-0.3, -0.25) is 9.59 Å². The molecule has 152 valence electrons. The highest BCUT2D eigenvalue weighted by Crippen LogP contribution is 2.23. The standard InChI is InChI=1S/C22H30N2O4/c1-27-15-13-24(18-6-3-2-4-7-18)22(26)8-5-14-28-19-10-11-20-17(16-19)9-12-21(25)23-20/h9-12,16,18H,2-8,13-15H2,1H3,(H,23,25). The lowest BCUT2D eigenvalue weighted by molar-refractivity contribution is -0.135. The highest BCUT2D eigenvalue weighted by atomic mass is 16.5. The Morgan fingerprint density at radius 3 is 2.75 bits per heavy atom. The fourth-order valence-electron chi connectivity index (χ4n) is 3.87. The molecule has 6 nitrogen and oxygen atoms in total. The van der Waals surface area contributed by atoms with Crippen LogP contribution < -0.4 is 10.3 Å². The van der Waals surface area contributed by atoms with Crippen molar-refractivity contribution in [3.8, 4) is 5.75 Å². The minimum Gasteiger partial charge on any atom is -0.494 e. The number of aromatic amines is 1. The van der Waals surface area contributed by atoms with Gasteiger partial charge in [-0.2, -0.15) is 0 Å². The molecular formula is C22H30N2O4. The van der Waals surface area contributed by atoms with Gasteiger partial charge in [-0.15, -0.1) is 0 Å². The minimum atomic E-state index is -0.115. The Hall–Kier alpha value is -2.34. The molecule has 0 bridgehead atoms. The zero-order valence-corrected chi connectivity index (χ0v) is 16.6. The number of methoxy groups -OCH3 is 1. The van der Waals surface area contributed by atoms with Crippen LogP contribution in [0.5, 0.6) is 5.75 Å². The number of fused-ring (bicyclic) bond motifs is 1. The molecule has 1 aliphatic carbocycles. The summed E-state index contributed by atoms with van der Waals surface area (Å²) >= 11 is 0. The van der Waals surface area contributed by atoms with Crippen LogP contribution in [0.15, 0.2) is 35.1 Å². The summed E-state index contributed by atoms with van der Waals surface area (Å²) in [6.07, 6.45) is 7.06. The Labute approximate surface area is 165 Å². The number of pyridine rings is 1. The van der Waals surface area contributed by atoms with E-state index in [0.717, 1.165) is 29.5 Å². The highest BCUT2D eigenvalue weighted by Gasteiger charge is 2.24.